The summed E-state index contributed by atoms with van der Waals surface area (Å²) in [5.41, 5.74) is 2.77. The van der Waals surface area contributed by atoms with E-state index in [1.807, 2.05) is 31.2 Å². The van der Waals surface area contributed by atoms with Crippen LogP contribution in [0.3, 0.4) is 0 Å². The molecule has 0 saturated heterocycles. The molecular weight excluding hydrogens is 252 g/mol. The first-order valence-corrected chi connectivity index (χ1v) is 6.38. The fourth-order valence-electron chi connectivity index (χ4n) is 1.96. The lowest BCUT2D eigenvalue weighted by Crippen LogP contribution is -1.94. The fourth-order valence-corrected chi connectivity index (χ4v) is 1.96. The number of hydrogen-bond donors (Lipinski definition) is 1. The molecule has 1 aliphatic heterocycles. The summed E-state index contributed by atoms with van der Waals surface area (Å²) in [4.78, 5) is 0. The lowest BCUT2D eigenvalue weighted by molar-refractivity contribution is 0.173. The van der Waals surface area contributed by atoms with E-state index in [-0.39, 0.29) is 6.79 Å². The first kappa shape index (κ1) is 12.6. The van der Waals surface area contributed by atoms with Gasteiger partial charge in [-0.2, -0.15) is 0 Å². The van der Waals surface area contributed by atoms with Gasteiger partial charge in [0.1, 0.15) is 6.10 Å². The van der Waals surface area contributed by atoms with Crippen LogP contribution in [0.25, 0.3) is 0 Å². The number of rotatable bonds is 1. The third-order valence-corrected chi connectivity index (χ3v) is 3.12. The Bertz CT molecular complexity index is 678. The van der Waals surface area contributed by atoms with Crippen LogP contribution in [0.2, 0.25) is 0 Å². The highest BCUT2D eigenvalue weighted by Gasteiger charge is 2.15. The van der Waals surface area contributed by atoms with Crippen molar-refractivity contribution in [2.45, 2.75) is 13.0 Å². The Morgan fingerprint density at radius 1 is 1.05 bits per heavy atom. The van der Waals surface area contributed by atoms with Crippen LogP contribution in [0, 0.1) is 18.8 Å². The number of benzene rings is 2. The molecule has 0 aromatic heterocycles. The summed E-state index contributed by atoms with van der Waals surface area (Å²) in [6.07, 6.45) is -0.842. The summed E-state index contributed by atoms with van der Waals surface area (Å²) in [6, 6.07) is 13.2. The van der Waals surface area contributed by atoms with Crippen LogP contribution in [0.15, 0.2) is 42.5 Å². The van der Waals surface area contributed by atoms with Gasteiger partial charge < -0.3 is 14.6 Å². The van der Waals surface area contributed by atoms with Gasteiger partial charge in [0.05, 0.1) is 0 Å². The fraction of sp³-hybridized carbons (Fsp3) is 0.176. The van der Waals surface area contributed by atoms with Crippen molar-refractivity contribution < 1.29 is 14.6 Å². The normalized spacial score (nSPS) is 13.5. The van der Waals surface area contributed by atoms with Crippen LogP contribution >= 0.6 is 0 Å². The van der Waals surface area contributed by atoms with E-state index in [0.29, 0.717) is 17.1 Å². The van der Waals surface area contributed by atoms with E-state index in [4.69, 9.17) is 9.47 Å². The van der Waals surface area contributed by atoms with Crippen molar-refractivity contribution in [3.8, 4) is 23.3 Å². The van der Waals surface area contributed by atoms with Crippen LogP contribution in [-0.4, -0.2) is 11.9 Å². The van der Waals surface area contributed by atoms with Gasteiger partial charge >= 0.3 is 0 Å². The van der Waals surface area contributed by atoms with E-state index in [1.54, 1.807) is 18.2 Å². The summed E-state index contributed by atoms with van der Waals surface area (Å²) in [7, 11) is 0. The minimum absolute atomic E-state index is 0.226. The van der Waals surface area contributed by atoms with Crippen molar-refractivity contribution in [2.75, 3.05) is 6.79 Å². The van der Waals surface area contributed by atoms with Crippen LogP contribution < -0.4 is 9.47 Å². The molecule has 1 unspecified atom stereocenters. The van der Waals surface area contributed by atoms with E-state index in [0.717, 1.165) is 5.56 Å². The van der Waals surface area contributed by atoms with Gasteiger partial charge in [-0.3, -0.25) is 0 Å². The predicted molar refractivity (Wildman–Crippen MR) is 75.6 cm³/mol. The van der Waals surface area contributed by atoms with Gasteiger partial charge in [-0.15, -0.1) is 0 Å². The minimum Gasteiger partial charge on any atom is -0.454 e. The Hall–Kier alpha value is -2.44. The van der Waals surface area contributed by atoms with Crippen LogP contribution in [0.4, 0.5) is 0 Å². The van der Waals surface area contributed by atoms with Gasteiger partial charge in [0.15, 0.2) is 11.5 Å². The average Bonchev–Trinajstić information content (AvgIpc) is 2.93. The van der Waals surface area contributed by atoms with Crippen LogP contribution in [0.5, 0.6) is 11.5 Å². The molecule has 3 nitrogen and oxygen atoms in total. The molecule has 0 spiro atoms. The largest absolute Gasteiger partial charge is 0.454 e. The maximum Gasteiger partial charge on any atom is 0.231 e. The number of aryl methyl sites for hydroxylation is 1. The number of ether oxygens (including phenoxy) is 2. The van der Waals surface area contributed by atoms with Gasteiger partial charge in [0.2, 0.25) is 6.79 Å². The van der Waals surface area contributed by atoms with Gasteiger partial charge in [0.25, 0.3) is 0 Å². The molecule has 3 rings (SSSR count). The Morgan fingerprint density at radius 2 is 1.80 bits per heavy atom. The van der Waals surface area contributed by atoms with E-state index >= 15 is 0 Å². The third kappa shape index (κ3) is 2.61. The number of aliphatic hydroxyl groups excluding tert-OH is 1. The molecular formula is C17H14O3. The smallest absolute Gasteiger partial charge is 0.231 e. The van der Waals surface area contributed by atoms with E-state index in [2.05, 4.69) is 11.8 Å². The SMILES string of the molecule is Cc1ccc(C#CC(O)c2ccc3c(c2)OCO3)cc1. The molecule has 20 heavy (non-hydrogen) atoms. The molecule has 0 radical (unpaired) electrons. The molecule has 100 valence electrons. The minimum atomic E-state index is -0.842. The molecule has 2 aromatic carbocycles. The van der Waals surface area contributed by atoms with Crippen molar-refractivity contribution in [2.24, 2.45) is 0 Å². The molecule has 1 atom stereocenters. The molecule has 0 amide bonds. The van der Waals surface area contributed by atoms with E-state index in [1.165, 1.54) is 5.56 Å². The Balaban J connectivity index is 1.79. The van der Waals surface area contributed by atoms with Crippen molar-refractivity contribution in [1.29, 1.82) is 0 Å². The average molecular weight is 266 g/mol. The summed E-state index contributed by atoms with van der Waals surface area (Å²) in [5.74, 6) is 7.15. The lowest BCUT2D eigenvalue weighted by Gasteiger charge is -2.04. The Kier molecular flexibility index (Phi) is 3.32. The number of fused-ring (bicyclic) bond motifs is 1. The molecule has 2 aromatic rings. The maximum atomic E-state index is 10.1. The zero-order chi connectivity index (χ0) is 13.9. The number of hydrogen-bond acceptors (Lipinski definition) is 3. The van der Waals surface area contributed by atoms with Crippen molar-refractivity contribution in [3.63, 3.8) is 0 Å². The summed E-state index contributed by atoms with van der Waals surface area (Å²) >= 11 is 0. The topological polar surface area (TPSA) is 38.7 Å². The molecule has 0 fully saturated rings. The van der Waals surface area contributed by atoms with Gasteiger partial charge in [-0.05, 0) is 36.8 Å². The molecule has 1 N–H and O–H groups in total. The summed E-state index contributed by atoms with van der Waals surface area (Å²) in [6.45, 7) is 2.25. The van der Waals surface area contributed by atoms with Crippen LogP contribution in [0.1, 0.15) is 22.8 Å². The highest BCUT2D eigenvalue weighted by atomic mass is 16.7. The predicted octanol–water partition coefficient (Wildman–Crippen LogP) is 2.81. The molecule has 0 aliphatic carbocycles. The first-order chi connectivity index (χ1) is 9.72. The maximum absolute atomic E-state index is 10.1. The second-order valence-corrected chi connectivity index (χ2v) is 4.65. The van der Waals surface area contributed by atoms with E-state index in [9.17, 15) is 5.11 Å². The zero-order valence-corrected chi connectivity index (χ0v) is 11.1. The molecule has 0 bridgehead atoms. The number of aliphatic hydroxyl groups is 1. The molecule has 1 aliphatic rings. The quantitative estimate of drug-likeness (QED) is 0.807. The van der Waals surface area contributed by atoms with Crippen LogP contribution in [-0.2, 0) is 0 Å². The molecule has 0 saturated carbocycles. The Morgan fingerprint density at radius 3 is 2.60 bits per heavy atom. The Labute approximate surface area is 117 Å². The van der Waals surface area contributed by atoms with E-state index < -0.39 is 6.10 Å². The van der Waals surface area contributed by atoms with Crippen molar-refractivity contribution in [1.82, 2.24) is 0 Å². The highest BCUT2D eigenvalue weighted by molar-refractivity contribution is 5.47. The summed E-state index contributed by atoms with van der Waals surface area (Å²) < 4.78 is 10.5. The van der Waals surface area contributed by atoms with Gasteiger partial charge in [-0.1, -0.05) is 35.6 Å². The first-order valence-electron chi connectivity index (χ1n) is 6.38. The van der Waals surface area contributed by atoms with Gasteiger partial charge in [0, 0.05) is 5.56 Å². The monoisotopic (exact) mass is 266 g/mol. The second kappa shape index (κ2) is 5.28. The standard InChI is InChI=1S/C17H14O3/c1-12-2-4-13(5-3-12)6-8-15(18)14-7-9-16-17(10-14)20-11-19-16/h2-5,7,9-10,15,18H,11H2,1H3. The zero-order valence-electron chi connectivity index (χ0n) is 11.1. The second-order valence-electron chi connectivity index (χ2n) is 4.65. The van der Waals surface area contributed by atoms with Crippen molar-refractivity contribution in [3.05, 3.63) is 59.2 Å². The third-order valence-electron chi connectivity index (χ3n) is 3.12. The van der Waals surface area contributed by atoms with Crippen molar-refractivity contribution >= 4 is 0 Å². The highest BCUT2D eigenvalue weighted by Crippen LogP contribution is 2.34. The van der Waals surface area contributed by atoms with Gasteiger partial charge in [-0.25, -0.2) is 0 Å². The molecule has 1 heterocycles. The summed E-state index contributed by atoms with van der Waals surface area (Å²) in [5, 5.41) is 10.1. The lowest BCUT2D eigenvalue weighted by atomic mass is 10.1. The molecule has 3 heteroatoms.